The third kappa shape index (κ3) is 4.80. The van der Waals surface area contributed by atoms with Crippen molar-refractivity contribution in [3.05, 3.63) is 0 Å². The second-order valence-corrected chi connectivity index (χ2v) is 4.89. The van der Waals surface area contributed by atoms with E-state index in [4.69, 9.17) is 14.6 Å². The third-order valence-corrected chi connectivity index (χ3v) is 3.61. The van der Waals surface area contributed by atoms with E-state index in [0.29, 0.717) is 26.0 Å². The Balaban J connectivity index is 2.48. The van der Waals surface area contributed by atoms with Crippen LogP contribution in [0.2, 0.25) is 0 Å². The van der Waals surface area contributed by atoms with Gasteiger partial charge in [-0.2, -0.15) is 0 Å². The van der Waals surface area contributed by atoms with E-state index in [2.05, 4.69) is 5.32 Å². The minimum atomic E-state index is -0.875. The van der Waals surface area contributed by atoms with Gasteiger partial charge in [-0.05, 0) is 12.8 Å². The molecular weight excluding hydrogens is 250 g/mol. The SMILES string of the molecule is COCC(CNC(=O)[C@@H]1CCCC[C@@H]1C(=O)O)OC. The molecule has 1 saturated carbocycles. The highest BCUT2D eigenvalue weighted by Gasteiger charge is 2.35. The van der Waals surface area contributed by atoms with Gasteiger partial charge in [-0.25, -0.2) is 0 Å². The van der Waals surface area contributed by atoms with Crippen molar-refractivity contribution in [2.45, 2.75) is 31.8 Å². The molecule has 1 amide bonds. The maximum atomic E-state index is 12.1. The summed E-state index contributed by atoms with van der Waals surface area (Å²) in [5.74, 6) is -2.05. The van der Waals surface area contributed by atoms with Crippen LogP contribution in [-0.4, -0.2) is 50.5 Å². The van der Waals surface area contributed by atoms with E-state index >= 15 is 0 Å². The first-order valence-corrected chi connectivity index (χ1v) is 6.62. The Hall–Kier alpha value is -1.14. The van der Waals surface area contributed by atoms with E-state index in [1.54, 1.807) is 14.2 Å². The predicted octanol–water partition coefficient (Wildman–Crippen LogP) is 0.655. The minimum Gasteiger partial charge on any atom is -0.481 e. The van der Waals surface area contributed by atoms with Crippen molar-refractivity contribution in [3.63, 3.8) is 0 Å². The minimum absolute atomic E-state index is 0.190. The van der Waals surface area contributed by atoms with Crippen molar-refractivity contribution in [1.82, 2.24) is 5.32 Å². The highest BCUT2D eigenvalue weighted by Crippen LogP contribution is 2.30. The Morgan fingerprint density at radius 3 is 2.42 bits per heavy atom. The average molecular weight is 273 g/mol. The van der Waals surface area contributed by atoms with Crippen LogP contribution in [0.3, 0.4) is 0 Å². The maximum absolute atomic E-state index is 12.1. The van der Waals surface area contributed by atoms with Crippen LogP contribution in [0.1, 0.15) is 25.7 Å². The monoisotopic (exact) mass is 273 g/mol. The number of amides is 1. The van der Waals surface area contributed by atoms with Crippen molar-refractivity contribution >= 4 is 11.9 Å². The van der Waals surface area contributed by atoms with Gasteiger partial charge < -0.3 is 19.9 Å². The summed E-state index contributed by atoms with van der Waals surface area (Å²) in [7, 11) is 3.12. The van der Waals surface area contributed by atoms with Crippen LogP contribution in [0, 0.1) is 11.8 Å². The van der Waals surface area contributed by atoms with E-state index in [0.717, 1.165) is 12.8 Å². The number of methoxy groups -OCH3 is 2. The van der Waals surface area contributed by atoms with Gasteiger partial charge in [0, 0.05) is 20.8 Å². The number of carboxylic acids is 1. The number of carboxylic acid groups (broad SMARTS) is 1. The van der Waals surface area contributed by atoms with Crippen molar-refractivity contribution in [2.75, 3.05) is 27.4 Å². The molecular formula is C13H23NO5. The van der Waals surface area contributed by atoms with E-state index in [9.17, 15) is 9.59 Å². The van der Waals surface area contributed by atoms with Crippen LogP contribution >= 0.6 is 0 Å². The standard InChI is InChI=1S/C13H23NO5/c1-18-8-9(19-2)7-14-12(15)10-5-3-4-6-11(10)13(16)17/h9-11H,3-8H2,1-2H3,(H,14,15)(H,16,17)/t9?,10-,11+/m1/s1. The molecule has 110 valence electrons. The highest BCUT2D eigenvalue weighted by atomic mass is 16.5. The molecule has 1 aliphatic rings. The number of rotatable bonds is 7. The van der Waals surface area contributed by atoms with Gasteiger partial charge >= 0.3 is 5.97 Å². The lowest BCUT2D eigenvalue weighted by atomic mass is 9.78. The molecule has 0 bridgehead atoms. The Morgan fingerprint density at radius 2 is 1.89 bits per heavy atom. The lowest BCUT2D eigenvalue weighted by molar-refractivity contribution is -0.149. The molecule has 6 heteroatoms. The van der Waals surface area contributed by atoms with E-state index in [-0.39, 0.29) is 12.0 Å². The zero-order valence-corrected chi connectivity index (χ0v) is 11.6. The fourth-order valence-electron chi connectivity index (χ4n) is 2.48. The molecule has 0 aromatic rings. The van der Waals surface area contributed by atoms with Gasteiger partial charge in [0.1, 0.15) is 0 Å². The molecule has 0 aliphatic heterocycles. The smallest absolute Gasteiger partial charge is 0.307 e. The van der Waals surface area contributed by atoms with Crippen LogP contribution in [0.5, 0.6) is 0 Å². The number of carbonyl (C=O) groups excluding carboxylic acids is 1. The van der Waals surface area contributed by atoms with Crippen LogP contribution < -0.4 is 5.32 Å². The van der Waals surface area contributed by atoms with Gasteiger partial charge in [0.05, 0.1) is 24.5 Å². The summed E-state index contributed by atoms with van der Waals surface area (Å²) in [4.78, 5) is 23.2. The largest absolute Gasteiger partial charge is 0.481 e. The van der Waals surface area contributed by atoms with E-state index in [1.807, 2.05) is 0 Å². The quantitative estimate of drug-likeness (QED) is 0.711. The van der Waals surface area contributed by atoms with Crippen LogP contribution in [-0.2, 0) is 19.1 Å². The summed E-state index contributed by atoms with van der Waals surface area (Å²) in [6.45, 7) is 0.732. The van der Waals surface area contributed by atoms with Gasteiger partial charge in [-0.1, -0.05) is 12.8 Å². The molecule has 0 radical (unpaired) electrons. The van der Waals surface area contributed by atoms with E-state index in [1.165, 1.54) is 0 Å². The van der Waals surface area contributed by atoms with Crippen LogP contribution in [0.4, 0.5) is 0 Å². The zero-order chi connectivity index (χ0) is 14.3. The number of hydrogen-bond donors (Lipinski definition) is 2. The molecule has 3 atom stereocenters. The Kier molecular flexibility index (Phi) is 6.80. The fraction of sp³-hybridized carbons (Fsp3) is 0.846. The number of ether oxygens (including phenoxy) is 2. The molecule has 1 aliphatic carbocycles. The van der Waals surface area contributed by atoms with Crippen LogP contribution in [0.15, 0.2) is 0 Å². The Morgan fingerprint density at radius 1 is 1.26 bits per heavy atom. The molecule has 1 rings (SSSR count). The lowest BCUT2D eigenvalue weighted by Gasteiger charge is -2.28. The molecule has 0 aromatic carbocycles. The van der Waals surface area contributed by atoms with Crippen LogP contribution in [0.25, 0.3) is 0 Å². The molecule has 19 heavy (non-hydrogen) atoms. The molecule has 1 unspecified atom stereocenters. The maximum Gasteiger partial charge on any atom is 0.307 e. The third-order valence-electron chi connectivity index (χ3n) is 3.61. The van der Waals surface area contributed by atoms with Gasteiger partial charge in [0.25, 0.3) is 0 Å². The normalized spacial score (nSPS) is 24.7. The van der Waals surface area contributed by atoms with Crippen molar-refractivity contribution in [3.8, 4) is 0 Å². The first kappa shape index (κ1) is 15.9. The van der Waals surface area contributed by atoms with E-state index < -0.39 is 17.8 Å². The molecule has 0 saturated heterocycles. The lowest BCUT2D eigenvalue weighted by Crippen LogP contribution is -2.43. The van der Waals surface area contributed by atoms with Gasteiger partial charge in [-0.15, -0.1) is 0 Å². The van der Waals surface area contributed by atoms with Crippen molar-refractivity contribution < 1.29 is 24.2 Å². The van der Waals surface area contributed by atoms with Gasteiger partial charge in [0.2, 0.25) is 5.91 Å². The fourth-order valence-corrected chi connectivity index (χ4v) is 2.48. The van der Waals surface area contributed by atoms with Gasteiger partial charge in [-0.3, -0.25) is 9.59 Å². The average Bonchev–Trinajstić information content (AvgIpc) is 2.43. The summed E-state index contributed by atoms with van der Waals surface area (Å²) in [6.07, 6.45) is 2.81. The molecule has 2 N–H and O–H groups in total. The number of aliphatic carboxylic acids is 1. The van der Waals surface area contributed by atoms with Gasteiger partial charge in [0.15, 0.2) is 0 Å². The summed E-state index contributed by atoms with van der Waals surface area (Å²) in [5, 5.41) is 11.9. The molecule has 0 aromatic heterocycles. The predicted molar refractivity (Wildman–Crippen MR) is 68.8 cm³/mol. The number of carbonyl (C=O) groups is 2. The van der Waals surface area contributed by atoms with Crippen molar-refractivity contribution in [2.24, 2.45) is 11.8 Å². The Labute approximate surface area is 113 Å². The first-order chi connectivity index (χ1) is 9.10. The summed E-state index contributed by atoms with van der Waals surface area (Å²) in [5.41, 5.74) is 0. The second-order valence-electron chi connectivity index (χ2n) is 4.89. The highest BCUT2D eigenvalue weighted by molar-refractivity contribution is 5.84. The summed E-state index contributed by atoms with van der Waals surface area (Å²) < 4.78 is 10.1. The number of nitrogens with one attached hydrogen (secondary N) is 1. The summed E-state index contributed by atoms with van der Waals surface area (Å²) >= 11 is 0. The molecule has 6 nitrogen and oxygen atoms in total. The topological polar surface area (TPSA) is 84.9 Å². The summed E-state index contributed by atoms with van der Waals surface area (Å²) in [6, 6.07) is 0. The zero-order valence-electron chi connectivity index (χ0n) is 11.6. The number of hydrogen-bond acceptors (Lipinski definition) is 4. The van der Waals surface area contributed by atoms with Crippen molar-refractivity contribution in [1.29, 1.82) is 0 Å². The second kappa shape index (κ2) is 8.12. The molecule has 1 fully saturated rings. The molecule has 0 heterocycles. The first-order valence-electron chi connectivity index (χ1n) is 6.62. The Bertz CT molecular complexity index is 307. The molecule has 0 spiro atoms.